The fraction of sp³-hybridized carbons (Fsp3) is 0.378. The Labute approximate surface area is 310 Å². The first kappa shape index (κ1) is 35.6. The molecule has 2 aliphatic heterocycles. The van der Waals surface area contributed by atoms with Gasteiger partial charge in [0.05, 0.1) is 11.7 Å². The Morgan fingerprint density at radius 3 is 2.32 bits per heavy atom. The Morgan fingerprint density at radius 2 is 1.68 bits per heavy atom. The Morgan fingerprint density at radius 1 is 1.00 bits per heavy atom. The predicted octanol–water partition coefficient (Wildman–Crippen LogP) is 5.71. The number of benzene rings is 1. The fourth-order valence-corrected chi connectivity index (χ4v) is 7.17. The van der Waals surface area contributed by atoms with Crippen LogP contribution < -0.4 is 15.1 Å². The molecular weight excluding hydrogens is 698 g/mol. The van der Waals surface area contributed by atoms with E-state index in [0.717, 1.165) is 28.3 Å². The zero-order chi connectivity index (χ0) is 37.4. The largest absolute Gasteiger partial charge is 0.444 e. The summed E-state index contributed by atoms with van der Waals surface area (Å²) in [6, 6.07) is 11.9. The van der Waals surface area contributed by atoms with Gasteiger partial charge in [0, 0.05) is 81.6 Å². The fourth-order valence-electron chi connectivity index (χ4n) is 6.32. The van der Waals surface area contributed by atoms with Crippen molar-refractivity contribution in [3.63, 3.8) is 0 Å². The standard InChI is InChI=1S/C37H40FN11O3S/c1-6-28-32(45(5)35-44-31(29(17-39)53-35)23-7-10-26(38)11-8-23)49-20-24(9-12-30(49)43-28)25-18-40-33(41-19-25)46-13-15-47(16-14-46)34(50)42-27-21-48(22-27)36(51)52-37(2,3)4/h7-12,18-20,27H,6,13-16,21-22H2,1-5H3,(H,42,50). The lowest BCUT2D eigenvalue weighted by Gasteiger charge is -2.41. The monoisotopic (exact) mass is 737 g/mol. The van der Waals surface area contributed by atoms with Gasteiger partial charge in [0.1, 0.15) is 39.5 Å². The number of likely N-dealkylation sites (tertiary alicyclic amines) is 1. The van der Waals surface area contributed by atoms with Gasteiger partial charge in [-0.25, -0.2) is 33.9 Å². The number of anilines is 3. The van der Waals surface area contributed by atoms with Gasteiger partial charge in [-0.3, -0.25) is 4.40 Å². The molecule has 0 unspecified atom stereocenters. The van der Waals surface area contributed by atoms with Crippen molar-refractivity contribution in [1.82, 2.24) is 39.5 Å². The molecule has 3 amide bonds. The van der Waals surface area contributed by atoms with Gasteiger partial charge in [0.2, 0.25) is 5.95 Å². The molecule has 2 saturated heterocycles. The summed E-state index contributed by atoms with van der Waals surface area (Å²) in [5, 5.41) is 13.5. The number of urea groups is 1. The number of pyridine rings is 1. The molecule has 16 heteroatoms. The first-order valence-electron chi connectivity index (χ1n) is 17.4. The molecule has 0 radical (unpaired) electrons. The van der Waals surface area contributed by atoms with Crippen molar-refractivity contribution in [2.45, 2.75) is 45.8 Å². The molecule has 1 aromatic carbocycles. The maximum absolute atomic E-state index is 13.6. The predicted molar refractivity (Wildman–Crippen MR) is 200 cm³/mol. The number of nitrogens with one attached hydrogen (secondary N) is 1. The van der Waals surface area contributed by atoms with E-state index in [1.807, 2.05) is 62.4 Å². The van der Waals surface area contributed by atoms with E-state index >= 15 is 0 Å². The summed E-state index contributed by atoms with van der Waals surface area (Å²) in [6.07, 6.45) is 5.90. The molecule has 5 aromatic rings. The first-order valence-corrected chi connectivity index (χ1v) is 18.2. The maximum Gasteiger partial charge on any atom is 0.410 e. The summed E-state index contributed by atoms with van der Waals surface area (Å²) in [4.78, 5) is 51.9. The molecule has 1 N–H and O–H groups in total. The molecule has 14 nitrogen and oxygen atoms in total. The lowest BCUT2D eigenvalue weighted by Crippen LogP contribution is -2.64. The Kier molecular flexibility index (Phi) is 9.60. The number of aromatic nitrogens is 5. The Bertz CT molecular complexity index is 2180. The average molecular weight is 738 g/mol. The van der Waals surface area contributed by atoms with Crippen molar-refractivity contribution < 1.29 is 18.7 Å². The van der Waals surface area contributed by atoms with E-state index in [2.05, 4.69) is 26.3 Å². The molecule has 7 rings (SSSR count). The van der Waals surface area contributed by atoms with Crippen LogP contribution in [0.1, 0.15) is 38.3 Å². The third-order valence-electron chi connectivity index (χ3n) is 9.12. The highest BCUT2D eigenvalue weighted by atomic mass is 32.1. The topological polar surface area (TPSA) is 148 Å². The second-order valence-electron chi connectivity index (χ2n) is 14.0. The summed E-state index contributed by atoms with van der Waals surface area (Å²) >= 11 is 1.27. The number of rotatable bonds is 7. The minimum Gasteiger partial charge on any atom is -0.444 e. The van der Waals surface area contributed by atoms with E-state index in [-0.39, 0.29) is 24.0 Å². The number of hydrogen-bond acceptors (Lipinski definition) is 11. The molecule has 2 fully saturated rings. The van der Waals surface area contributed by atoms with Crippen molar-refractivity contribution in [3.8, 4) is 28.5 Å². The lowest BCUT2D eigenvalue weighted by atomic mass is 10.1. The van der Waals surface area contributed by atoms with Gasteiger partial charge >= 0.3 is 12.1 Å². The van der Waals surface area contributed by atoms with Gasteiger partial charge < -0.3 is 29.7 Å². The highest BCUT2D eigenvalue weighted by Gasteiger charge is 2.36. The number of nitriles is 1. The summed E-state index contributed by atoms with van der Waals surface area (Å²) in [6.45, 7) is 10.6. The normalized spacial score (nSPS) is 14.9. The average Bonchev–Trinajstić information content (AvgIpc) is 3.74. The van der Waals surface area contributed by atoms with E-state index in [1.54, 1.807) is 34.3 Å². The lowest BCUT2D eigenvalue weighted by molar-refractivity contribution is 0.00582. The van der Waals surface area contributed by atoms with Crippen LogP contribution in [0.3, 0.4) is 0 Å². The number of nitrogens with zero attached hydrogens (tertiary/aromatic N) is 10. The van der Waals surface area contributed by atoms with E-state index < -0.39 is 5.60 Å². The van der Waals surface area contributed by atoms with Crippen LogP contribution in [0.25, 0.3) is 28.0 Å². The molecule has 2 aliphatic rings. The molecule has 0 bridgehead atoms. The highest BCUT2D eigenvalue weighted by Crippen LogP contribution is 2.37. The van der Waals surface area contributed by atoms with E-state index in [9.17, 15) is 19.2 Å². The first-order chi connectivity index (χ1) is 25.4. The van der Waals surface area contributed by atoms with Gasteiger partial charge in [-0.05, 0) is 63.6 Å². The van der Waals surface area contributed by atoms with Crippen molar-refractivity contribution >= 4 is 46.0 Å². The van der Waals surface area contributed by atoms with Gasteiger partial charge in [-0.15, -0.1) is 0 Å². The van der Waals surface area contributed by atoms with Crippen molar-refractivity contribution in [2.24, 2.45) is 0 Å². The van der Waals surface area contributed by atoms with Gasteiger partial charge in [-0.2, -0.15) is 5.26 Å². The number of piperazine rings is 1. The molecule has 274 valence electrons. The SMILES string of the molecule is CCc1nc2ccc(-c3cnc(N4CCN(C(=O)NC5CN(C(=O)OC(C)(C)C)C5)CC4)nc3)cn2c1N(C)c1nc(-c2ccc(F)cc2)c(C#N)s1. The van der Waals surface area contributed by atoms with Crippen LogP contribution in [0.5, 0.6) is 0 Å². The molecule has 6 heterocycles. The van der Waals surface area contributed by atoms with Crippen LogP contribution in [0.15, 0.2) is 55.0 Å². The number of carbonyl (C=O) groups excluding carboxylic acids is 2. The van der Waals surface area contributed by atoms with E-state index in [1.165, 1.54) is 23.5 Å². The summed E-state index contributed by atoms with van der Waals surface area (Å²) < 4.78 is 21.0. The number of aryl methyl sites for hydroxylation is 1. The zero-order valence-electron chi connectivity index (χ0n) is 30.2. The van der Waals surface area contributed by atoms with Gasteiger partial charge in [-0.1, -0.05) is 18.3 Å². The van der Waals surface area contributed by atoms with E-state index in [4.69, 9.17) is 14.7 Å². The molecule has 0 spiro atoms. The molecule has 0 saturated carbocycles. The van der Waals surface area contributed by atoms with Crippen LogP contribution in [0.4, 0.5) is 30.9 Å². The number of ether oxygens (including phenoxy) is 1. The Hall–Kier alpha value is -5.82. The zero-order valence-corrected chi connectivity index (χ0v) is 31.0. The minimum atomic E-state index is -0.557. The highest BCUT2D eigenvalue weighted by molar-refractivity contribution is 7.16. The molecule has 53 heavy (non-hydrogen) atoms. The number of thiazole rings is 1. The van der Waals surface area contributed by atoms with Gasteiger partial charge in [0.15, 0.2) is 5.13 Å². The van der Waals surface area contributed by atoms with E-state index in [0.29, 0.717) is 72.9 Å². The quantitative estimate of drug-likeness (QED) is 0.220. The molecule has 0 atom stereocenters. The van der Waals surface area contributed by atoms with Crippen molar-refractivity contribution in [3.05, 3.63) is 71.4 Å². The van der Waals surface area contributed by atoms with Crippen LogP contribution in [-0.4, -0.2) is 104 Å². The van der Waals surface area contributed by atoms with Gasteiger partial charge in [0.25, 0.3) is 0 Å². The summed E-state index contributed by atoms with van der Waals surface area (Å²) in [7, 11) is 1.90. The molecular formula is C37H40FN11O3S. The van der Waals surface area contributed by atoms with Crippen molar-refractivity contribution in [1.29, 1.82) is 5.26 Å². The van der Waals surface area contributed by atoms with Crippen molar-refractivity contribution in [2.75, 3.05) is 56.1 Å². The van der Waals surface area contributed by atoms with Crippen LogP contribution in [-0.2, 0) is 11.2 Å². The second-order valence-corrected chi connectivity index (χ2v) is 15.0. The summed E-state index contributed by atoms with van der Waals surface area (Å²) in [5.41, 5.74) is 3.98. The smallest absolute Gasteiger partial charge is 0.410 e. The van der Waals surface area contributed by atoms with Crippen LogP contribution >= 0.6 is 11.3 Å². The third-order valence-corrected chi connectivity index (χ3v) is 10.2. The summed E-state index contributed by atoms with van der Waals surface area (Å²) in [5.74, 6) is 1.06. The van der Waals surface area contributed by atoms with Crippen LogP contribution in [0, 0.1) is 17.1 Å². The third kappa shape index (κ3) is 7.43. The number of fused-ring (bicyclic) bond motifs is 1. The Balaban J connectivity index is 1.01. The number of halogens is 1. The maximum atomic E-state index is 13.6. The number of amides is 3. The van der Waals surface area contributed by atoms with Crippen LogP contribution in [0.2, 0.25) is 0 Å². The minimum absolute atomic E-state index is 0.0973. The second kappa shape index (κ2) is 14.3. The number of hydrogen-bond donors (Lipinski definition) is 1. The molecule has 0 aliphatic carbocycles. The molecule has 4 aromatic heterocycles. The number of imidazole rings is 1. The number of carbonyl (C=O) groups is 2.